The van der Waals surface area contributed by atoms with Gasteiger partial charge in [-0.1, -0.05) is 6.07 Å². The number of ether oxygens (including phenoxy) is 1. The van der Waals surface area contributed by atoms with Crippen molar-refractivity contribution in [1.29, 1.82) is 0 Å². The summed E-state index contributed by atoms with van der Waals surface area (Å²) in [5, 5.41) is 4.57. The number of rotatable bonds is 4. The second kappa shape index (κ2) is 5.01. The Morgan fingerprint density at radius 3 is 2.95 bits per heavy atom. The zero-order valence-corrected chi connectivity index (χ0v) is 11.0. The molecule has 5 heteroatoms. The van der Waals surface area contributed by atoms with Crippen molar-refractivity contribution < 1.29 is 4.74 Å². The van der Waals surface area contributed by atoms with E-state index in [1.54, 1.807) is 6.20 Å². The van der Waals surface area contributed by atoms with Crippen molar-refractivity contribution in [2.45, 2.75) is 31.9 Å². The lowest BCUT2D eigenvalue weighted by atomic mass is 9.89. The van der Waals surface area contributed by atoms with Gasteiger partial charge in [0, 0.05) is 19.0 Å². The molecular weight excluding hydrogens is 240 g/mol. The molecular formula is C14H18N4O. The van der Waals surface area contributed by atoms with Crippen LogP contribution in [0.15, 0.2) is 30.6 Å². The van der Waals surface area contributed by atoms with E-state index in [1.807, 2.05) is 36.0 Å². The van der Waals surface area contributed by atoms with Crippen molar-refractivity contribution >= 4 is 5.69 Å². The van der Waals surface area contributed by atoms with Gasteiger partial charge in [-0.25, -0.2) is 0 Å². The highest BCUT2D eigenvalue weighted by Gasteiger charge is 2.32. The SMILES string of the molecule is CCO[C@H]1C[C@@H](n2cc(N)c(-c3ccccn3)n2)C1. The molecule has 0 unspecified atom stereocenters. The van der Waals surface area contributed by atoms with Gasteiger partial charge in [0.15, 0.2) is 0 Å². The Morgan fingerprint density at radius 1 is 1.42 bits per heavy atom. The molecule has 0 bridgehead atoms. The van der Waals surface area contributed by atoms with E-state index in [1.165, 1.54) is 0 Å². The number of nitrogen functional groups attached to an aromatic ring is 1. The third-order valence-corrected chi connectivity index (χ3v) is 3.51. The van der Waals surface area contributed by atoms with Crippen LogP contribution in [0, 0.1) is 0 Å². The van der Waals surface area contributed by atoms with Crippen molar-refractivity contribution in [2.24, 2.45) is 0 Å². The summed E-state index contributed by atoms with van der Waals surface area (Å²) < 4.78 is 7.52. The number of aromatic nitrogens is 3. The summed E-state index contributed by atoms with van der Waals surface area (Å²) in [5.41, 5.74) is 8.29. The van der Waals surface area contributed by atoms with Gasteiger partial charge in [0.2, 0.25) is 0 Å². The Balaban J connectivity index is 1.76. The summed E-state index contributed by atoms with van der Waals surface area (Å²) in [4.78, 5) is 4.29. The normalized spacial score (nSPS) is 22.2. The molecule has 1 aliphatic carbocycles. The molecule has 2 aromatic heterocycles. The first-order chi connectivity index (χ1) is 9.28. The molecule has 0 radical (unpaired) electrons. The van der Waals surface area contributed by atoms with Crippen LogP contribution in [0.1, 0.15) is 25.8 Å². The van der Waals surface area contributed by atoms with Crippen LogP contribution >= 0.6 is 0 Å². The second-order valence-electron chi connectivity index (χ2n) is 4.83. The minimum Gasteiger partial charge on any atom is -0.396 e. The summed E-state index contributed by atoms with van der Waals surface area (Å²) in [6.07, 6.45) is 6.05. The Morgan fingerprint density at radius 2 is 2.26 bits per heavy atom. The van der Waals surface area contributed by atoms with E-state index < -0.39 is 0 Å². The maximum atomic E-state index is 6.03. The van der Waals surface area contributed by atoms with Gasteiger partial charge < -0.3 is 10.5 Å². The van der Waals surface area contributed by atoms with Crippen molar-refractivity contribution in [3.8, 4) is 11.4 Å². The highest BCUT2D eigenvalue weighted by Crippen LogP contribution is 2.35. The van der Waals surface area contributed by atoms with E-state index in [2.05, 4.69) is 10.1 Å². The Bertz CT molecular complexity index is 546. The molecule has 2 aromatic rings. The summed E-state index contributed by atoms with van der Waals surface area (Å²) in [7, 11) is 0. The number of hydrogen-bond donors (Lipinski definition) is 1. The van der Waals surface area contributed by atoms with E-state index in [4.69, 9.17) is 10.5 Å². The fraction of sp³-hybridized carbons (Fsp3) is 0.429. The van der Waals surface area contributed by atoms with Crippen molar-refractivity contribution in [3.63, 3.8) is 0 Å². The molecule has 0 spiro atoms. The topological polar surface area (TPSA) is 66.0 Å². The van der Waals surface area contributed by atoms with Gasteiger partial charge in [-0.05, 0) is 31.9 Å². The number of nitrogens with two attached hydrogens (primary N) is 1. The van der Waals surface area contributed by atoms with Gasteiger partial charge in [-0.2, -0.15) is 5.10 Å². The first-order valence-corrected chi connectivity index (χ1v) is 6.65. The molecule has 0 amide bonds. The first-order valence-electron chi connectivity index (χ1n) is 6.65. The second-order valence-corrected chi connectivity index (χ2v) is 4.83. The third kappa shape index (κ3) is 2.33. The largest absolute Gasteiger partial charge is 0.396 e. The number of pyridine rings is 1. The van der Waals surface area contributed by atoms with Gasteiger partial charge >= 0.3 is 0 Å². The molecule has 2 N–H and O–H groups in total. The minimum atomic E-state index is 0.374. The van der Waals surface area contributed by atoms with E-state index >= 15 is 0 Å². The predicted octanol–water partition coefficient (Wildman–Crippen LogP) is 2.27. The average Bonchev–Trinajstić information content (AvgIpc) is 2.76. The van der Waals surface area contributed by atoms with Gasteiger partial charge in [-0.15, -0.1) is 0 Å². The molecule has 3 rings (SSSR count). The molecule has 0 saturated heterocycles. The monoisotopic (exact) mass is 258 g/mol. The summed E-state index contributed by atoms with van der Waals surface area (Å²) in [6, 6.07) is 6.15. The van der Waals surface area contributed by atoms with Crippen molar-refractivity contribution in [3.05, 3.63) is 30.6 Å². The fourth-order valence-electron chi connectivity index (χ4n) is 2.42. The Labute approximate surface area is 112 Å². The molecule has 1 saturated carbocycles. The minimum absolute atomic E-state index is 0.374. The molecule has 100 valence electrons. The zero-order chi connectivity index (χ0) is 13.2. The third-order valence-electron chi connectivity index (χ3n) is 3.51. The molecule has 2 heterocycles. The van der Waals surface area contributed by atoms with Gasteiger partial charge in [0.05, 0.1) is 23.5 Å². The highest BCUT2D eigenvalue weighted by molar-refractivity contribution is 5.68. The van der Waals surface area contributed by atoms with Gasteiger partial charge in [0.25, 0.3) is 0 Å². The predicted molar refractivity (Wildman–Crippen MR) is 73.6 cm³/mol. The molecule has 0 aromatic carbocycles. The molecule has 19 heavy (non-hydrogen) atoms. The Kier molecular flexibility index (Phi) is 3.21. The van der Waals surface area contributed by atoms with Crippen LogP contribution < -0.4 is 5.73 Å². The van der Waals surface area contributed by atoms with Gasteiger partial charge in [0.1, 0.15) is 5.69 Å². The van der Waals surface area contributed by atoms with Crippen LogP contribution in [0.25, 0.3) is 11.4 Å². The summed E-state index contributed by atoms with van der Waals surface area (Å²) in [5.74, 6) is 0. The van der Waals surface area contributed by atoms with E-state index in [0.29, 0.717) is 17.8 Å². The quantitative estimate of drug-likeness (QED) is 0.913. The molecule has 1 aliphatic rings. The first kappa shape index (κ1) is 12.2. The van der Waals surface area contributed by atoms with Crippen LogP contribution in [0.2, 0.25) is 0 Å². The van der Waals surface area contributed by atoms with Crippen molar-refractivity contribution in [1.82, 2.24) is 14.8 Å². The number of nitrogens with zero attached hydrogens (tertiary/aromatic N) is 3. The van der Waals surface area contributed by atoms with Crippen LogP contribution in [-0.2, 0) is 4.74 Å². The van der Waals surface area contributed by atoms with E-state index in [0.717, 1.165) is 30.8 Å². The maximum absolute atomic E-state index is 6.03. The molecule has 1 fully saturated rings. The highest BCUT2D eigenvalue weighted by atomic mass is 16.5. The smallest absolute Gasteiger partial charge is 0.134 e. The van der Waals surface area contributed by atoms with Crippen LogP contribution in [0.3, 0.4) is 0 Å². The molecule has 0 atom stereocenters. The standard InChI is InChI=1S/C14H18N4O/c1-2-19-11-7-10(8-11)18-9-12(15)14(17-18)13-5-3-4-6-16-13/h3-6,9-11H,2,7-8,15H2,1H3/t10-,11+. The summed E-state index contributed by atoms with van der Waals surface area (Å²) >= 11 is 0. The average molecular weight is 258 g/mol. The van der Waals surface area contributed by atoms with E-state index in [-0.39, 0.29) is 0 Å². The lowest BCUT2D eigenvalue weighted by Gasteiger charge is -2.34. The lowest BCUT2D eigenvalue weighted by molar-refractivity contribution is -0.0226. The van der Waals surface area contributed by atoms with Crippen LogP contribution in [-0.4, -0.2) is 27.5 Å². The fourth-order valence-corrected chi connectivity index (χ4v) is 2.42. The van der Waals surface area contributed by atoms with Crippen LogP contribution in [0.4, 0.5) is 5.69 Å². The molecule has 0 aliphatic heterocycles. The van der Waals surface area contributed by atoms with Crippen molar-refractivity contribution in [2.75, 3.05) is 12.3 Å². The van der Waals surface area contributed by atoms with Gasteiger partial charge in [-0.3, -0.25) is 9.67 Å². The van der Waals surface area contributed by atoms with Crippen LogP contribution in [0.5, 0.6) is 0 Å². The van der Waals surface area contributed by atoms with E-state index in [9.17, 15) is 0 Å². The Hall–Kier alpha value is -1.88. The molecule has 5 nitrogen and oxygen atoms in total. The zero-order valence-electron chi connectivity index (χ0n) is 11.0. The lowest BCUT2D eigenvalue weighted by Crippen LogP contribution is -2.33. The number of anilines is 1. The maximum Gasteiger partial charge on any atom is 0.134 e. The number of hydrogen-bond acceptors (Lipinski definition) is 4. The summed E-state index contributed by atoms with van der Waals surface area (Å²) in [6.45, 7) is 2.80.